The molecule has 0 nitrogen and oxygen atoms in total. The number of fused-ring (bicyclic) bond motifs is 3. The molecule has 0 radical (unpaired) electrons. The van der Waals surface area contributed by atoms with E-state index in [2.05, 4.69) is 87.5 Å². The maximum atomic E-state index is 2.40. The lowest BCUT2D eigenvalue weighted by molar-refractivity contribution is 0.535. The topological polar surface area (TPSA) is 0 Å². The average Bonchev–Trinajstić information content (AvgIpc) is 2.98. The Bertz CT molecular complexity index is 993. The van der Waals surface area contributed by atoms with Crippen LogP contribution in [0.15, 0.2) is 66.7 Å². The highest BCUT2D eigenvalue weighted by Crippen LogP contribution is 2.38. The lowest BCUT2D eigenvalue weighted by atomic mass is 9.89. The molecular weight excluding hydrogens is 308 g/mol. The normalized spacial score (nSPS) is 13.0. The van der Waals surface area contributed by atoms with Gasteiger partial charge in [-0.25, -0.2) is 0 Å². The minimum absolute atomic E-state index is 0.591. The third-order valence-electron chi connectivity index (χ3n) is 5.13. The van der Waals surface area contributed by atoms with Crippen molar-refractivity contribution >= 4 is 31.5 Å². The van der Waals surface area contributed by atoms with Gasteiger partial charge in [0.15, 0.2) is 0 Å². The van der Waals surface area contributed by atoms with Crippen LogP contribution in [0.1, 0.15) is 32.3 Å². The Labute approximate surface area is 147 Å². The van der Waals surface area contributed by atoms with E-state index in [4.69, 9.17) is 0 Å². The molecule has 0 aliphatic carbocycles. The van der Waals surface area contributed by atoms with Crippen LogP contribution in [0, 0.1) is 5.92 Å². The van der Waals surface area contributed by atoms with Crippen molar-refractivity contribution in [2.24, 2.45) is 5.92 Å². The Kier molecular flexibility index (Phi) is 3.90. The van der Waals surface area contributed by atoms with Gasteiger partial charge >= 0.3 is 0 Å². The molecule has 1 aromatic heterocycles. The molecule has 1 atom stereocenters. The van der Waals surface area contributed by atoms with Crippen LogP contribution >= 0.6 is 11.3 Å². The molecule has 24 heavy (non-hydrogen) atoms. The van der Waals surface area contributed by atoms with Crippen molar-refractivity contribution in [3.8, 4) is 11.1 Å². The highest BCUT2D eigenvalue weighted by molar-refractivity contribution is 7.25. The fourth-order valence-electron chi connectivity index (χ4n) is 3.27. The lowest BCUT2D eigenvalue weighted by Crippen LogP contribution is -2.01. The molecule has 0 saturated heterocycles. The van der Waals surface area contributed by atoms with Gasteiger partial charge in [-0.05, 0) is 46.7 Å². The van der Waals surface area contributed by atoms with E-state index in [1.165, 1.54) is 36.9 Å². The molecule has 4 rings (SSSR count). The van der Waals surface area contributed by atoms with E-state index in [-0.39, 0.29) is 0 Å². The molecule has 0 fully saturated rings. The van der Waals surface area contributed by atoms with Gasteiger partial charge in [-0.15, -0.1) is 11.3 Å². The summed E-state index contributed by atoms with van der Waals surface area (Å²) in [6.07, 6.45) is 0. The summed E-state index contributed by atoms with van der Waals surface area (Å²) in [5.41, 5.74) is 4.03. The van der Waals surface area contributed by atoms with Crippen LogP contribution in [0.5, 0.6) is 0 Å². The minimum Gasteiger partial charge on any atom is -0.135 e. The highest BCUT2D eigenvalue weighted by atomic mass is 32.1. The van der Waals surface area contributed by atoms with Crippen LogP contribution in [-0.2, 0) is 0 Å². The molecule has 4 aromatic rings. The summed E-state index contributed by atoms with van der Waals surface area (Å²) in [7, 11) is 0. The number of hydrogen-bond acceptors (Lipinski definition) is 1. The van der Waals surface area contributed by atoms with Crippen molar-refractivity contribution in [2.75, 3.05) is 0 Å². The van der Waals surface area contributed by atoms with Gasteiger partial charge in [-0.2, -0.15) is 0 Å². The van der Waals surface area contributed by atoms with Gasteiger partial charge in [-0.1, -0.05) is 69.3 Å². The summed E-state index contributed by atoms with van der Waals surface area (Å²) < 4.78 is 2.76. The van der Waals surface area contributed by atoms with Gasteiger partial charge in [0.2, 0.25) is 0 Å². The molecular formula is C23H22S. The standard InChI is InChI=1S/C23H22S/c1-15(2)16(3)18-10-12-22-21(13-18)20-11-9-19(14-23(20)24-22)17-7-5-4-6-8-17/h4-16H,1-3H3. The van der Waals surface area contributed by atoms with Gasteiger partial charge in [0.25, 0.3) is 0 Å². The Morgan fingerprint density at radius 3 is 2.21 bits per heavy atom. The molecule has 0 aliphatic heterocycles. The van der Waals surface area contributed by atoms with E-state index < -0.39 is 0 Å². The van der Waals surface area contributed by atoms with Gasteiger partial charge < -0.3 is 0 Å². The monoisotopic (exact) mass is 330 g/mol. The lowest BCUT2D eigenvalue weighted by Gasteiger charge is -2.15. The molecule has 1 unspecified atom stereocenters. The fourth-order valence-corrected chi connectivity index (χ4v) is 4.40. The first-order valence-electron chi connectivity index (χ1n) is 8.65. The van der Waals surface area contributed by atoms with Gasteiger partial charge in [-0.3, -0.25) is 0 Å². The molecule has 0 saturated carbocycles. The van der Waals surface area contributed by atoms with Crippen LogP contribution in [0.4, 0.5) is 0 Å². The summed E-state index contributed by atoms with van der Waals surface area (Å²) >= 11 is 1.90. The zero-order valence-electron chi connectivity index (χ0n) is 14.4. The average molecular weight is 330 g/mol. The predicted molar refractivity (Wildman–Crippen MR) is 108 cm³/mol. The Balaban J connectivity index is 1.86. The van der Waals surface area contributed by atoms with E-state index in [9.17, 15) is 0 Å². The Hall–Kier alpha value is -2.12. The Morgan fingerprint density at radius 1 is 0.667 bits per heavy atom. The first-order valence-corrected chi connectivity index (χ1v) is 9.47. The largest absolute Gasteiger partial charge is 0.135 e. The van der Waals surface area contributed by atoms with E-state index in [1.54, 1.807) is 0 Å². The van der Waals surface area contributed by atoms with Crippen LogP contribution < -0.4 is 0 Å². The van der Waals surface area contributed by atoms with Crippen LogP contribution in [0.25, 0.3) is 31.3 Å². The maximum absolute atomic E-state index is 2.40. The van der Waals surface area contributed by atoms with Gasteiger partial charge in [0.05, 0.1) is 0 Å². The van der Waals surface area contributed by atoms with E-state index >= 15 is 0 Å². The van der Waals surface area contributed by atoms with Crippen molar-refractivity contribution in [1.82, 2.24) is 0 Å². The van der Waals surface area contributed by atoms with Crippen LogP contribution in [0.2, 0.25) is 0 Å². The number of benzene rings is 3. The number of rotatable bonds is 3. The smallest absolute Gasteiger partial charge is 0.0361 e. The third kappa shape index (κ3) is 2.63. The molecule has 1 heteroatoms. The van der Waals surface area contributed by atoms with Gasteiger partial charge in [0, 0.05) is 20.2 Å². The van der Waals surface area contributed by atoms with Crippen molar-refractivity contribution in [3.05, 3.63) is 72.3 Å². The molecule has 0 amide bonds. The Morgan fingerprint density at radius 2 is 1.46 bits per heavy atom. The maximum Gasteiger partial charge on any atom is 0.0361 e. The molecule has 120 valence electrons. The van der Waals surface area contributed by atoms with Crippen LogP contribution in [-0.4, -0.2) is 0 Å². The third-order valence-corrected chi connectivity index (χ3v) is 6.26. The second-order valence-corrected chi connectivity index (χ2v) is 8.05. The molecule has 1 heterocycles. The van der Waals surface area contributed by atoms with E-state index in [0.717, 1.165) is 0 Å². The predicted octanol–water partition coefficient (Wildman–Crippen LogP) is 7.48. The van der Waals surface area contributed by atoms with E-state index in [0.29, 0.717) is 11.8 Å². The van der Waals surface area contributed by atoms with Crippen molar-refractivity contribution < 1.29 is 0 Å². The van der Waals surface area contributed by atoms with Crippen molar-refractivity contribution in [1.29, 1.82) is 0 Å². The number of hydrogen-bond donors (Lipinski definition) is 0. The molecule has 0 spiro atoms. The molecule has 0 bridgehead atoms. The summed E-state index contributed by atoms with van der Waals surface area (Å²) in [5.74, 6) is 1.25. The highest BCUT2D eigenvalue weighted by Gasteiger charge is 2.13. The SMILES string of the molecule is CC(C)C(C)c1ccc2sc3cc(-c4ccccc4)ccc3c2c1. The quantitative estimate of drug-likeness (QED) is 0.365. The first kappa shape index (κ1) is 15.4. The second-order valence-electron chi connectivity index (χ2n) is 6.97. The van der Waals surface area contributed by atoms with E-state index in [1.807, 2.05) is 11.3 Å². The van der Waals surface area contributed by atoms with Crippen molar-refractivity contribution in [3.63, 3.8) is 0 Å². The van der Waals surface area contributed by atoms with Gasteiger partial charge in [0.1, 0.15) is 0 Å². The second kappa shape index (κ2) is 6.07. The molecule has 0 N–H and O–H groups in total. The zero-order chi connectivity index (χ0) is 16.7. The number of thiophene rings is 1. The summed E-state index contributed by atoms with van der Waals surface area (Å²) in [4.78, 5) is 0. The summed E-state index contributed by atoms with van der Waals surface area (Å²) in [6.45, 7) is 6.92. The summed E-state index contributed by atoms with van der Waals surface area (Å²) in [6, 6.07) is 24.5. The summed E-state index contributed by atoms with van der Waals surface area (Å²) in [5, 5.41) is 2.78. The molecule has 3 aromatic carbocycles. The fraction of sp³-hybridized carbons (Fsp3) is 0.217. The van der Waals surface area contributed by atoms with Crippen LogP contribution in [0.3, 0.4) is 0 Å². The zero-order valence-corrected chi connectivity index (χ0v) is 15.2. The minimum atomic E-state index is 0.591. The first-order chi connectivity index (χ1) is 11.6. The molecule has 0 aliphatic rings. The van der Waals surface area contributed by atoms with Crippen molar-refractivity contribution in [2.45, 2.75) is 26.7 Å².